The summed E-state index contributed by atoms with van der Waals surface area (Å²) in [5.41, 5.74) is 2.60. The molecule has 1 aliphatic carbocycles. The van der Waals surface area contributed by atoms with E-state index in [-0.39, 0.29) is 24.0 Å². The molecule has 0 atom stereocenters. The smallest absolute Gasteiger partial charge is 0.190 e. The van der Waals surface area contributed by atoms with Crippen molar-refractivity contribution < 1.29 is 0 Å². The van der Waals surface area contributed by atoms with Crippen LogP contribution in [0.25, 0.3) is 0 Å². The first-order valence-electron chi connectivity index (χ1n) is 9.13. The number of halogens is 1. The second-order valence-electron chi connectivity index (χ2n) is 6.62. The quantitative estimate of drug-likeness (QED) is 0.275. The summed E-state index contributed by atoms with van der Waals surface area (Å²) < 4.78 is 0. The number of unbranched alkanes of at least 4 members (excludes halogenated alkanes) is 1. The lowest BCUT2D eigenvalue weighted by Gasteiger charge is -2.13. The van der Waals surface area contributed by atoms with Gasteiger partial charge < -0.3 is 10.6 Å². The van der Waals surface area contributed by atoms with Crippen LogP contribution in [0.15, 0.2) is 23.5 Å². The highest BCUT2D eigenvalue weighted by molar-refractivity contribution is 14.0. The zero-order valence-corrected chi connectivity index (χ0v) is 17.5. The number of rotatable bonds is 8. The van der Waals surface area contributed by atoms with Crippen LogP contribution in [-0.4, -0.2) is 31.1 Å². The maximum absolute atomic E-state index is 4.30. The normalized spacial score (nSPS) is 15.2. The van der Waals surface area contributed by atoms with Gasteiger partial charge in [-0.25, -0.2) is 0 Å². The fourth-order valence-electron chi connectivity index (χ4n) is 3.38. The van der Waals surface area contributed by atoms with E-state index in [0.29, 0.717) is 0 Å². The van der Waals surface area contributed by atoms with Crippen LogP contribution < -0.4 is 10.6 Å². The van der Waals surface area contributed by atoms with Gasteiger partial charge >= 0.3 is 0 Å². The maximum Gasteiger partial charge on any atom is 0.190 e. The maximum atomic E-state index is 4.30. The van der Waals surface area contributed by atoms with Crippen molar-refractivity contribution in [2.45, 2.75) is 58.3 Å². The number of nitrogens with zero attached hydrogens (tertiary/aromatic N) is 2. The molecule has 24 heavy (non-hydrogen) atoms. The summed E-state index contributed by atoms with van der Waals surface area (Å²) >= 11 is 0. The Kier molecular flexibility index (Phi) is 11.0. The standard InChI is InChI=1S/C19H32N4.HI/c1-16-15-21-13-10-18(16)11-14-23-19(20-2)22-12-6-5-9-17-7-3-4-8-17;/h10,13,15,17H,3-9,11-12,14H2,1-2H3,(H2,20,22,23);1H. The molecule has 1 aliphatic rings. The van der Waals surface area contributed by atoms with Gasteiger partial charge in [0.05, 0.1) is 0 Å². The topological polar surface area (TPSA) is 49.3 Å². The highest BCUT2D eigenvalue weighted by Crippen LogP contribution is 2.28. The molecule has 4 nitrogen and oxygen atoms in total. The number of aromatic nitrogens is 1. The summed E-state index contributed by atoms with van der Waals surface area (Å²) in [6.45, 7) is 4.02. The van der Waals surface area contributed by atoms with Gasteiger partial charge in [-0.15, -0.1) is 24.0 Å². The lowest BCUT2D eigenvalue weighted by Crippen LogP contribution is -2.38. The van der Waals surface area contributed by atoms with E-state index in [4.69, 9.17) is 0 Å². The monoisotopic (exact) mass is 444 g/mol. The number of aliphatic imine (C=N–C) groups is 1. The van der Waals surface area contributed by atoms with E-state index in [1.54, 1.807) is 0 Å². The second kappa shape index (κ2) is 12.5. The van der Waals surface area contributed by atoms with Gasteiger partial charge in [-0.05, 0) is 42.9 Å². The summed E-state index contributed by atoms with van der Waals surface area (Å²) in [5, 5.41) is 6.82. The van der Waals surface area contributed by atoms with Gasteiger partial charge in [0.2, 0.25) is 0 Å². The van der Waals surface area contributed by atoms with Crippen LogP contribution in [-0.2, 0) is 6.42 Å². The molecule has 0 unspecified atom stereocenters. The van der Waals surface area contributed by atoms with E-state index in [1.807, 2.05) is 19.4 Å². The molecule has 136 valence electrons. The fraction of sp³-hybridized carbons (Fsp3) is 0.684. The van der Waals surface area contributed by atoms with Crippen LogP contribution in [0.4, 0.5) is 0 Å². The SMILES string of the molecule is CN=C(NCCCCC1CCCC1)NCCc1ccncc1C.I. The Morgan fingerprint density at radius 1 is 1.21 bits per heavy atom. The Morgan fingerprint density at radius 2 is 1.96 bits per heavy atom. The molecule has 2 rings (SSSR count). The third kappa shape index (κ3) is 7.81. The van der Waals surface area contributed by atoms with Crippen LogP contribution >= 0.6 is 24.0 Å². The first-order valence-corrected chi connectivity index (χ1v) is 9.13. The molecule has 0 amide bonds. The highest BCUT2D eigenvalue weighted by atomic mass is 127. The molecule has 1 fully saturated rings. The average Bonchev–Trinajstić information content (AvgIpc) is 3.08. The van der Waals surface area contributed by atoms with E-state index >= 15 is 0 Å². The number of hydrogen-bond acceptors (Lipinski definition) is 2. The van der Waals surface area contributed by atoms with Crippen LogP contribution in [0.2, 0.25) is 0 Å². The molecule has 0 aromatic carbocycles. The summed E-state index contributed by atoms with van der Waals surface area (Å²) in [4.78, 5) is 8.43. The van der Waals surface area contributed by atoms with E-state index in [0.717, 1.165) is 31.4 Å². The van der Waals surface area contributed by atoms with Crippen molar-refractivity contribution in [3.63, 3.8) is 0 Å². The van der Waals surface area contributed by atoms with Crippen LogP contribution in [0.1, 0.15) is 56.1 Å². The number of guanidine groups is 1. The lowest BCUT2D eigenvalue weighted by atomic mass is 10.0. The minimum Gasteiger partial charge on any atom is -0.356 e. The molecule has 1 aromatic rings. The van der Waals surface area contributed by atoms with E-state index in [2.05, 4.69) is 33.6 Å². The van der Waals surface area contributed by atoms with Gasteiger partial charge in [0.1, 0.15) is 0 Å². The van der Waals surface area contributed by atoms with Gasteiger partial charge in [0, 0.05) is 32.5 Å². The molecule has 1 heterocycles. The summed E-state index contributed by atoms with van der Waals surface area (Å²) in [6, 6.07) is 2.09. The predicted molar refractivity (Wildman–Crippen MR) is 113 cm³/mol. The van der Waals surface area contributed by atoms with Gasteiger partial charge in [0.15, 0.2) is 5.96 Å². The summed E-state index contributed by atoms with van der Waals surface area (Å²) in [7, 11) is 1.84. The molecule has 2 N–H and O–H groups in total. The van der Waals surface area contributed by atoms with E-state index in [9.17, 15) is 0 Å². The van der Waals surface area contributed by atoms with Crippen molar-refractivity contribution in [1.82, 2.24) is 15.6 Å². The molecule has 0 spiro atoms. The Balaban J connectivity index is 0.00000288. The van der Waals surface area contributed by atoms with Gasteiger partial charge in [0.25, 0.3) is 0 Å². The molecule has 5 heteroatoms. The van der Waals surface area contributed by atoms with Gasteiger partial charge in [-0.1, -0.05) is 38.5 Å². The third-order valence-corrected chi connectivity index (χ3v) is 4.85. The second-order valence-corrected chi connectivity index (χ2v) is 6.62. The molecular formula is C19H33IN4. The Hall–Kier alpha value is -0.850. The fourth-order valence-corrected chi connectivity index (χ4v) is 3.38. The van der Waals surface area contributed by atoms with Crippen molar-refractivity contribution in [2.75, 3.05) is 20.1 Å². The largest absolute Gasteiger partial charge is 0.356 e. The van der Waals surface area contributed by atoms with Crippen molar-refractivity contribution in [3.8, 4) is 0 Å². The van der Waals surface area contributed by atoms with Gasteiger partial charge in [-0.3, -0.25) is 9.98 Å². The minimum absolute atomic E-state index is 0. The number of nitrogens with one attached hydrogen (secondary N) is 2. The molecule has 0 radical (unpaired) electrons. The molecule has 1 saturated carbocycles. The Morgan fingerprint density at radius 3 is 2.67 bits per heavy atom. The molecule has 0 bridgehead atoms. The summed E-state index contributed by atoms with van der Waals surface area (Å²) in [6.07, 6.45) is 14.6. The zero-order valence-electron chi connectivity index (χ0n) is 15.2. The molecule has 1 aromatic heterocycles. The van der Waals surface area contributed by atoms with Gasteiger partial charge in [-0.2, -0.15) is 0 Å². The third-order valence-electron chi connectivity index (χ3n) is 4.85. The van der Waals surface area contributed by atoms with E-state index in [1.165, 1.54) is 56.1 Å². The molecule has 0 saturated heterocycles. The zero-order chi connectivity index (χ0) is 16.3. The van der Waals surface area contributed by atoms with Crippen molar-refractivity contribution >= 4 is 29.9 Å². The minimum atomic E-state index is 0. The summed E-state index contributed by atoms with van der Waals surface area (Å²) in [5.74, 6) is 1.92. The molecular weight excluding hydrogens is 411 g/mol. The van der Waals surface area contributed by atoms with Crippen LogP contribution in [0.3, 0.4) is 0 Å². The average molecular weight is 444 g/mol. The van der Waals surface area contributed by atoms with Crippen LogP contribution in [0.5, 0.6) is 0 Å². The molecule has 0 aliphatic heterocycles. The van der Waals surface area contributed by atoms with E-state index < -0.39 is 0 Å². The number of pyridine rings is 1. The first kappa shape index (κ1) is 21.2. The predicted octanol–water partition coefficient (Wildman–Crippen LogP) is 4.08. The van der Waals surface area contributed by atoms with Crippen molar-refractivity contribution in [1.29, 1.82) is 0 Å². The Bertz CT molecular complexity index is 484. The highest BCUT2D eigenvalue weighted by Gasteiger charge is 2.13. The number of hydrogen-bond donors (Lipinski definition) is 2. The van der Waals surface area contributed by atoms with Crippen molar-refractivity contribution in [2.24, 2.45) is 10.9 Å². The number of aryl methyl sites for hydroxylation is 1. The van der Waals surface area contributed by atoms with Crippen LogP contribution in [0, 0.1) is 12.8 Å². The first-order chi connectivity index (χ1) is 11.3. The van der Waals surface area contributed by atoms with Crippen molar-refractivity contribution in [3.05, 3.63) is 29.6 Å². The lowest BCUT2D eigenvalue weighted by molar-refractivity contribution is 0.472. The Labute approximate surface area is 164 Å².